The molecule has 482 valence electrons. The maximum Gasteiger partial charge on any atom is 0.271 e. The van der Waals surface area contributed by atoms with Crippen molar-refractivity contribution in [2.24, 2.45) is 17.8 Å². The summed E-state index contributed by atoms with van der Waals surface area (Å²) in [6, 6.07) is 9.63. The van der Waals surface area contributed by atoms with Crippen LogP contribution in [-0.4, -0.2) is 146 Å². The van der Waals surface area contributed by atoms with Gasteiger partial charge in [0, 0.05) is 98.0 Å². The SMILES string of the molecule is CNC(=O)C[C@@H]1NC(=O)c2csc(n2)-c2ccc(-c3nc(NC(=O)C4CCC(C(=O)NCCN5CCNCC5)CC4)cs3)nc2-c2cnc(s2)-c2csc(n2)[C@H]([C@@H](O)c2ccccc2)NC(=O)CNC(=O)c2nc(sc2COC)[C@H](C(C)C)NC(=O)c2nc1sc2C. The maximum atomic E-state index is 14.4. The summed E-state index contributed by atoms with van der Waals surface area (Å²) in [7, 11) is 2.95. The number of ether oxygens (including phenoxy) is 1. The summed E-state index contributed by atoms with van der Waals surface area (Å²) in [5, 5.41) is 43.2. The third-order valence-electron chi connectivity index (χ3n) is 15.9. The molecule has 2 aliphatic heterocycles. The topological polar surface area (TPSA) is 339 Å². The lowest BCUT2D eigenvalue weighted by Crippen LogP contribution is -2.46. The van der Waals surface area contributed by atoms with Crippen molar-refractivity contribution in [3.63, 3.8) is 0 Å². The average Bonchev–Trinajstić information content (AvgIpc) is 1.63. The molecule has 9 N–H and O–H groups in total. The molecule has 10 bridgehead atoms. The number of aliphatic hydroxyl groups excluding tert-OH is 1. The normalized spacial score (nSPS) is 19.7. The van der Waals surface area contributed by atoms with Crippen LogP contribution in [0.2, 0.25) is 0 Å². The molecule has 0 radical (unpaired) electrons. The van der Waals surface area contributed by atoms with Gasteiger partial charge in [0.2, 0.25) is 23.6 Å². The maximum absolute atomic E-state index is 14.4. The fourth-order valence-electron chi connectivity index (χ4n) is 10.9. The number of thiazole rings is 6. The second kappa shape index (κ2) is 29.9. The highest BCUT2D eigenvalue weighted by atomic mass is 32.1. The number of piperazine rings is 1. The van der Waals surface area contributed by atoms with Gasteiger partial charge in [-0.05, 0) is 56.2 Å². The molecule has 1 saturated heterocycles. The lowest BCUT2D eigenvalue weighted by Gasteiger charge is -2.29. The van der Waals surface area contributed by atoms with Crippen LogP contribution in [0.25, 0.3) is 42.5 Å². The fraction of sp³-hybridized carbons (Fsp3) is 0.410. The molecule has 7 aromatic heterocycles. The Morgan fingerprint density at radius 1 is 0.717 bits per heavy atom. The summed E-state index contributed by atoms with van der Waals surface area (Å²) < 4.78 is 5.47. The zero-order valence-electron chi connectivity index (χ0n) is 50.8. The lowest BCUT2D eigenvalue weighted by molar-refractivity contribution is -0.128. The number of hydrogen-bond donors (Lipinski definition) is 9. The first-order valence-corrected chi connectivity index (χ1v) is 35.0. The van der Waals surface area contributed by atoms with E-state index in [1.165, 1.54) is 70.8 Å². The van der Waals surface area contributed by atoms with Crippen LogP contribution in [0.1, 0.15) is 132 Å². The molecular formula is C61H68N16O9S6. The van der Waals surface area contributed by atoms with Gasteiger partial charge >= 0.3 is 0 Å². The summed E-state index contributed by atoms with van der Waals surface area (Å²) in [6.45, 7) is 10.2. The van der Waals surface area contributed by atoms with Crippen LogP contribution in [0.4, 0.5) is 5.82 Å². The van der Waals surface area contributed by atoms with Crippen molar-refractivity contribution in [2.45, 2.75) is 83.7 Å². The van der Waals surface area contributed by atoms with E-state index in [-0.39, 0.29) is 59.7 Å². The van der Waals surface area contributed by atoms with Crippen molar-refractivity contribution in [2.75, 3.05) is 65.3 Å². The van der Waals surface area contributed by atoms with Gasteiger partial charge in [-0.1, -0.05) is 44.2 Å². The molecule has 0 spiro atoms. The highest BCUT2D eigenvalue weighted by molar-refractivity contribution is 7.19. The number of carbonyl (C=O) groups excluding carboxylic acids is 7. The number of nitrogens with one attached hydrogen (secondary N) is 8. The minimum atomic E-state index is -1.28. The number of hydrogen-bond acceptors (Lipinski definition) is 24. The number of anilines is 1. The molecule has 0 unspecified atom stereocenters. The summed E-state index contributed by atoms with van der Waals surface area (Å²) in [5.74, 6) is -3.28. The van der Waals surface area contributed by atoms with Crippen molar-refractivity contribution < 1.29 is 43.4 Å². The fourth-order valence-corrected chi connectivity index (χ4v) is 16.5. The molecule has 1 aliphatic carbocycles. The number of aliphatic hydroxyl groups is 1. The number of pyridine rings is 1. The molecule has 3 aliphatic rings. The molecule has 1 saturated carbocycles. The Hall–Kier alpha value is -7.72. The summed E-state index contributed by atoms with van der Waals surface area (Å²) >= 11 is 7.29. The molecule has 7 amide bonds. The predicted molar refractivity (Wildman–Crippen MR) is 353 cm³/mol. The number of aryl methyl sites for hydroxylation is 1. The molecule has 2 fully saturated rings. The number of aromatic nitrogens is 7. The lowest BCUT2D eigenvalue weighted by atomic mass is 9.81. The monoisotopic (exact) mass is 1360 g/mol. The quantitative estimate of drug-likeness (QED) is 0.0525. The Morgan fingerprint density at radius 3 is 2.21 bits per heavy atom. The third kappa shape index (κ3) is 15.5. The van der Waals surface area contributed by atoms with Crippen LogP contribution in [0.15, 0.2) is 64.8 Å². The number of rotatable bonds is 14. The van der Waals surface area contributed by atoms with Gasteiger partial charge in [0.15, 0.2) is 0 Å². The number of benzene rings is 1. The van der Waals surface area contributed by atoms with Gasteiger partial charge < -0.3 is 52.4 Å². The Labute approximate surface area is 553 Å². The van der Waals surface area contributed by atoms with Crippen molar-refractivity contribution in [3.05, 3.63) is 112 Å². The Balaban J connectivity index is 0.903. The van der Waals surface area contributed by atoms with Gasteiger partial charge in [0.25, 0.3) is 17.7 Å². The van der Waals surface area contributed by atoms with Gasteiger partial charge in [0.1, 0.15) is 70.8 Å². The Kier molecular flexibility index (Phi) is 21.4. The van der Waals surface area contributed by atoms with Crippen LogP contribution in [-0.2, 0) is 30.5 Å². The average molecular weight is 1360 g/mol. The van der Waals surface area contributed by atoms with E-state index in [0.717, 1.165) is 44.1 Å². The highest BCUT2D eigenvalue weighted by Crippen LogP contribution is 2.42. The molecule has 4 atom stereocenters. The standard InChI is InChI=1S/C61H68N16O9S6/c1-30(2)45-61-76-48(41(92-61)26-86-5)54(84)65-25-44(79)73-49(50(80)32-9-7-6-8-10-32)60-70-39(28-88-60)57-66-24-40(91-57)47-35(56-69-38(27-87-56)53(83)68-37(23-43(78)62-4)59-75-46(31(3)90-59)55(85)74-45)15-16-36(67-47)58-72-42(29-89-58)71-52(82)34-13-11-33(12-14-34)51(81)64-19-22-77-20-17-63-18-21-77/h6-10,15-16,24,27-30,33-34,37,45,49-50,63,80H,11-14,17-23,25-26H2,1-5H3,(H,62,78)(H,64,81)(H,65,84)(H,68,83)(H,71,82)(H,73,79)(H,74,85)/t33?,34?,37-,45-,49-,50-/m0/s1. The van der Waals surface area contributed by atoms with E-state index in [9.17, 15) is 38.7 Å². The van der Waals surface area contributed by atoms with Crippen LogP contribution in [0, 0.1) is 24.7 Å². The molecular weight excluding hydrogens is 1290 g/mol. The second-order valence-corrected chi connectivity index (χ2v) is 28.6. The van der Waals surface area contributed by atoms with E-state index >= 15 is 0 Å². The first-order chi connectivity index (χ1) is 44.5. The molecule has 25 nitrogen and oxygen atoms in total. The van der Waals surface area contributed by atoms with Crippen molar-refractivity contribution in [1.82, 2.24) is 77.0 Å². The van der Waals surface area contributed by atoms with Crippen molar-refractivity contribution in [1.29, 1.82) is 0 Å². The number of methoxy groups -OCH3 is 1. The van der Waals surface area contributed by atoms with Crippen LogP contribution in [0.5, 0.6) is 0 Å². The molecule has 9 heterocycles. The Morgan fingerprint density at radius 2 is 1.46 bits per heavy atom. The number of nitrogens with zero attached hydrogens (tertiary/aromatic N) is 8. The molecule has 11 rings (SSSR count). The second-order valence-electron chi connectivity index (χ2n) is 22.6. The molecule has 8 aromatic rings. The largest absolute Gasteiger partial charge is 0.386 e. The number of carbonyl (C=O) groups is 7. The third-order valence-corrected chi connectivity index (χ3v) is 21.8. The Bertz CT molecular complexity index is 3980. The van der Waals surface area contributed by atoms with E-state index in [1.807, 2.05) is 26.0 Å². The number of fused-ring (bicyclic) bond motifs is 14. The predicted octanol–water partition coefficient (Wildman–Crippen LogP) is 7.08. The summed E-state index contributed by atoms with van der Waals surface area (Å²) in [4.78, 5) is 134. The van der Waals surface area contributed by atoms with E-state index in [1.54, 1.807) is 59.6 Å². The zero-order chi connectivity index (χ0) is 64.6. The summed E-state index contributed by atoms with van der Waals surface area (Å²) in [6.07, 6.45) is 2.54. The van der Waals surface area contributed by atoms with E-state index in [4.69, 9.17) is 39.6 Å². The molecule has 31 heteroatoms. The first kappa shape index (κ1) is 65.8. The van der Waals surface area contributed by atoms with Crippen LogP contribution < -0.4 is 42.5 Å². The van der Waals surface area contributed by atoms with E-state index in [0.29, 0.717) is 111 Å². The van der Waals surface area contributed by atoms with Crippen LogP contribution in [0.3, 0.4) is 0 Å². The molecule has 92 heavy (non-hydrogen) atoms. The highest BCUT2D eigenvalue weighted by Gasteiger charge is 2.34. The summed E-state index contributed by atoms with van der Waals surface area (Å²) in [5.41, 5.74) is 2.51. The smallest absolute Gasteiger partial charge is 0.271 e. The van der Waals surface area contributed by atoms with Gasteiger partial charge in [-0.2, -0.15) is 0 Å². The van der Waals surface area contributed by atoms with Crippen LogP contribution >= 0.6 is 68.0 Å². The van der Waals surface area contributed by atoms with Gasteiger partial charge in [0.05, 0.1) is 52.8 Å². The minimum absolute atomic E-state index is 0.00131. The van der Waals surface area contributed by atoms with Gasteiger partial charge in [-0.3, -0.25) is 38.5 Å². The first-order valence-electron chi connectivity index (χ1n) is 30.0. The van der Waals surface area contributed by atoms with Crippen molar-refractivity contribution in [3.8, 4) is 42.5 Å². The number of amides is 7. The zero-order valence-corrected chi connectivity index (χ0v) is 55.7. The van der Waals surface area contributed by atoms with E-state index < -0.39 is 60.3 Å². The van der Waals surface area contributed by atoms with Crippen molar-refractivity contribution >= 4 is 115 Å². The van der Waals surface area contributed by atoms with Gasteiger partial charge in [-0.25, -0.2) is 34.9 Å². The van der Waals surface area contributed by atoms with Gasteiger partial charge in [-0.15, -0.1) is 68.0 Å². The molecule has 1 aromatic carbocycles. The minimum Gasteiger partial charge on any atom is -0.386 e. The van der Waals surface area contributed by atoms with E-state index in [2.05, 4.69) is 47.4 Å².